The molecule has 188 valence electrons. The van der Waals surface area contributed by atoms with Crippen LogP contribution in [0, 0.1) is 0 Å². The van der Waals surface area contributed by atoms with E-state index in [0.717, 1.165) is 16.7 Å². The van der Waals surface area contributed by atoms with Crippen LogP contribution < -0.4 is 0 Å². The smallest absolute Gasteiger partial charge is 0.136 e. The summed E-state index contributed by atoms with van der Waals surface area (Å²) in [5, 5.41) is 3.57. The highest BCUT2D eigenvalue weighted by atomic mass is 16.3. The minimum atomic E-state index is 0.899. The van der Waals surface area contributed by atoms with E-state index in [1.165, 1.54) is 55.2 Å². The molecule has 0 radical (unpaired) electrons. The molecule has 0 atom stereocenters. The van der Waals surface area contributed by atoms with Gasteiger partial charge in [0.25, 0.3) is 0 Å². The highest BCUT2D eigenvalue weighted by Gasteiger charge is 2.17. The summed E-state index contributed by atoms with van der Waals surface area (Å²) in [6.07, 6.45) is 1.78. The monoisotopic (exact) mass is 511 g/mol. The van der Waals surface area contributed by atoms with Gasteiger partial charge in [-0.25, -0.2) is 0 Å². The lowest BCUT2D eigenvalue weighted by Gasteiger charge is -2.12. The van der Waals surface area contributed by atoms with Crippen LogP contribution in [0.4, 0.5) is 0 Å². The van der Waals surface area contributed by atoms with Gasteiger partial charge in [-0.05, 0) is 94.0 Å². The normalized spacial score (nSPS) is 11.5. The van der Waals surface area contributed by atoms with Crippen LogP contribution in [0.5, 0.6) is 0 Å². The van der Waals surface area contributed by atoms with Crippen LogP contribution in [-0.2, 0) is 0 Å². The van der Waals surface area contributed by atoms with Gasteiger partial charge in [0.1, 0.15) is 5.58 Å². The van der Waals surface area contributed by atoms with Gasteiger partial charge in [0.15, 0.2) is 0 Å². The van der Waals surface area contributed by atoms with Crippen LogP contribution in [-0.4, -0.2) is 4.57 Å². The van der Waals surface area contributed by atoms with Crippen molar-refractivity contribution in [2.75, 3.05) is 0 Å². The second-order valence-corrected chi connectivity index (χ2v) is 10.2. The molecule has 0 unspecified atom stereocenters. The topological polar surface area (TPSA) is 18.1 Å². The molecular formula is C38H25NO. The van der Waals surface area contributed by atoms with E-state index in [1.807, 2.05) is 0 Å². The molecule has 40 heavy (non-hydrogen) atoms. The number of hydrogen-bond donors (Lipinski definition) is 0. The molecule has 2 heteroatoms. The molecule has 2 heterocycles. The zero-order valence-corrected chi connectivity index (χ0v) is 21.8. The first-order valence-corrected chi connectivity index (χ1v) is 13.6. The molecule has 0 amide bonds. The molecule has 0 saturated heterocycles. The Kier molecular flexibility index (Phi) is 5.17. The molecular weight excluding hydrogens is 486 g/mol. The van der Waals surface area contributed by atoms with E-state index in [0.29, 0.717) is 0 Å². The van der Waals surface area contributed by atoms with Crippen molar-refractivity contribution in [3.63, 3.8) is 0 Å². The summed E-state index contributed by atoms with van der Waals surface area (Å²) in [7, 11) is 0. The quantitative estimate of drug-likeness (QED) is 0.230. The van der Waals surface area contributed by atoms with Crippen molar-refractivity contribution in [2.24, 2.45) is 0 Å². The number of hydrogen-bond acceptors (Lipinski definition) is 1. The van der Waals surface area contributed by atoms with E-state index in [1.54, 1.807) is 6.26 Å². The Morgan fingerprint density at radius 3 is 1.65 bits per heavy atom. The zero-order valence-electron chi connectivity index (χ0n) is 21.8. The SMILES string of the molecule is c1ccc(-c2cc(-c3ccccc3)cc(-c3ccc4c(c3)c3ccc5occc5c3n4-c3ccccc3)c2)cc1. The third-order valence-corrected chi connectivity index (χ3v) is 7.85. The molecule has 0 bridgehead atoms. The van der Waals surface area contributed by atoms with Crippen molar-refractivity contribution in [3.8, 4) is 39.1 Å². The van der Waals surface area contributed by atoms with Gasteiger partial charge in [0.2, 0.25) is 0 Å². The third-order valence-electron chi connectivity index (χ3n) is 7.85. The standard InChI is InChI=1S/C38H25NO/c1-4-10-26(11-5-1)29-22-30(27-12-6-2-7-13-27)24-31(23-29)28-16-18-36-35(25-28)33-17-19-37-34(20-21-40-37)38(33)39(36)32-14-8-3-9-15-32/h1-25H. The van der Waals surface area contributed by atoms with Crippen LogP contribution in [0.25, 0.3) is 71.8 Å². The molecule has 0 aliphatic heterocycles. The molecule has 8 aromatic rings. The Bertz CT molecular complexity index is 2080. The lowest BCUT2D eigenvalue weighted by Crippen LogP contribution is -1.93. The fourth-order valence-corrected chi connectivity index (χ4v) is 5.97. The maximum Gasteiger partial charge on any atom is 0.136 e. The number of fused-ring (bicyclic) bond motifs is 5. The molecule has 6 aromatic carbocycles. The highest BCUT2D eigenvalue weighted by Crippen LogP contribution is 2.40. The first-order valence-electron chi connectivity index (χ1n) is 13.6. The average molecular weight is 512 g/mol. The maximum atomic E-state index is 5.80. The van der Waals surface area contributed by atoms with Gasteiger partial charge in [-0.3, -0.25) is 0 Å². The van der Waals surface area contributed by atoms with Crippen LogP contribution in [0.3, 0.4) is 0 Å². The lowest BCUT2D eigenvalue weighted by atomic mass is 9.93. The number of benzene rings is 6. The molecule has 0 aliphatic carbocycles. The fraction of sp³-hybridized carbons (Fsp3) is 0. The van der Waals surface area contributed by atoms with Gasteiger partial charge in [-0.15, -0.1) is 0 Å². The Labute approximate surface area is 232 Å². The van der Waals surface area contributed by atoms with Gasteiger partial charge in [-0.1, -0.05) is 84.9 Å². The van der Waals surface area contributed by atoms with E-state index < -0.39 is 0 Å². The van der Waals surface area contributed by atoms with Crippen LogP contribution >= 0.6 is 0 Å². The second-order valence-electron chi connectivity index (χ2n) is 10.2. The fourth-order valence-electron chi connectivity index (χ4n) is 5.97. The predicted molar refractivity (Wildman–Crippen MR) is 167 cm³/mol. The summed E-state index contributed by atoms with van der Waals surface area (Å²) in [6, 6.07) is 52.0. The predicted octanol–water partition coefficient (Wildman–Crippen LogP) is 10.5. The van der Waals surface area contributed by atoms with Gasteiger partial charge in [-0.2, -0.15) is 0 Å². The maximum absolute atomic E-state index is 5.80. The second kappa shape index (κ2) is 9.14. The van der Waals surface area contributed by atoms with Crippen molar-refractivity contribution >= 4 is 32.8 Å². The first-order chi connectivity index (χ1) is 19.8. The molecule has 0 spiro atoms. The highest BCUT2D eigenvalue weighted by molar-refractivity contribution is 6.18. The minimum absolute atomic E-state index is 0.899. The van der Waals surface area contributed by atoms with Crippen LogP contribution in [0.1, 0.15) is 0 Å². The summed E-state index contributed by atoms with van der Waals surface area (Å²) in [6.45, 7) is 0. The Morgan fingerprint density at radius 2 is 1.00 bits per heavy atom. The molecule has 2 aromatic heterocycles. The zero-order chi connectivity index (χ0) is 26.5. The van der Waals surface area contributed by atoms with E-state index in [9.17, 15) is 0 Å². The molecule has 8 rings (SSSR count). The third kappa shape index (κ3) is 3.65. The van der Waals surface area contributed by atoms with Crippen molar-refractivity contribution in [2.45, 2.75) is 0 Å². The Balaban J connectivity index is 1.40. The van der Waals surface area contributed by atoms with Crippen molar-refractivity contribution in [3.05, 3.63) is 152 Å². The van der Waals surface area contributed by atoms with E-state index in [2.05, 4.69) is 150 Å². The molecule has 0 N–H and O–H groups in total. The van der Waals surface area contributed by atoms with E-state index in [4.69, 9.17) is 4.42 Å². The molecule has 0 aliphatic rings. The van der Waals surface area contributed by atoms with Crippen LogP contribution in [0.2, 0.25) is 0 Å². The van der Waals surface area contributed by atoms with Crippen LogP contribution in [0.15, 0.2) is 156 Å². The summed E-state index contributed by atoms with van der Waals surface area (Å²) < 4.78 is 8.17. The summed E-state index contributed by atoms with van der Waals surface area (Å²) >= 11 is 0. The summed E-state index contributed by atoms with van der Waals surface area (Å²) in [4.78, 5) is 0. The van der Waals surface area contributed by atoms with E-state index in [-0.39, 0.29) is 0 Å². The summed E-state index contributed by atoms with van der Waals surface area (Å²) in [5.74, 6) is 0. The summed E-state index contributed by atoms with van der Waals surface area (Å²) in [5.41, 5.74) is 11.6. The molecule has 2 nitrogen and oxygen atoms in total. The Morgan fingerprint density at radius 1 is 0.400 bits per heavy atom. The number of para-hydroxylation sites is 1. The van der Waals surface area contributed by atoms with Crippen molar-refractivity contribution < 1.29 is 4.42 Å². The number of nitrogens with zero attached hydrogens (tertiary/aromatic N) is 1. The van der Waals surface area contributed by atoms with Gasteiger partial charge < -0.3 is 8.98 Å². The number of aromatic nitrogens is 1. The first kappa shape index (κ1) is 22.6. The minimum Gasteiger partial charge on any atom is -0.464 e. The number of furan rings is 1. The number of rotatable bonds is 4. The molecule has 0 saturated carbocycles. The largest absolute Gasteiger partial charge is 0.464 e. The van der Waals surface area contributed by atoms with Crippen molar-refractivity contribution in [1.29, 1.82) is 0 Å². The van der Waals surface area contributed by atoms with Gasteiger partial charge in [0.05, 0.1) is 17.3 Å². The van der Waals surface area contributed by atoms with Crippen molar-refractivity contribution in [1.82, 2.24) is 4.57 Å². The van der Waals surface area contributed by atoms with Gasteiger partial charge >= 0.3 is 0 Å². The lowest BCUT2D eigenvalue weighted by molar-refractivity contribution is 0.616. The average Bonchev–Trinajstić information content (AvgIpc) is 3.64. The Hall–Kier alpha value is -5.34. The van der Waals surface area contributed by atoms with E-state index >= 15 is 0 Å². The molecule has 0 fully saturated rings. The van der Waals surface area contributed by atoms with Gasteiger partial charge in [0, 0.05) is 21.8 Å².